The fraction of sp³-hybridized carbons (Fsp3) is 1.00. The Morgan fingerprint density at radius 1 is 0.800 bits per heavy atom. The SMILES string of the molecule is CCCCCCCCC(C)C(C)CCO. The first-order valence-corrected chi connectivity index (χ1v) is 6.83. The molecule has 0 aromatic rings. The molecule has 1 heteroatoms. The number of unbranched alkanes of at least 4 members (excludes halogenated alkanes) is 5. The van der Waals surface area contributed by atoms with E-state index < -0.39 is 0 Å². The van der Waals surface area contributed by atoms with E-state index in [2.05, 4.69) is 20.8 Å². The molecule has 1 N–H and O–H groups in total. The molecule has 0 rings (SSSR count). The van der Waals surface area contributed by atoms with Gasteiger partial charge in [-0.2, -0.15) is 0 Å². The van der Waals surface area contributed by atoms with E-state index in [-0.39, 0.29) is 0 Å². The van der Waals surface area contributed by atoms with Crippen LogP contribution in [0.1, 0.15) is 72.1 Å². The Hall–Kier alpha value is -0.0400. The van der Waals surface area contributed by atoms with E-state index in [1.165, 1.54) is 44.9 Å². The van der Waals surface area contributed by atoms with Crippen LogP contribution < -0.4 is 0 Å². The van der Waals surface area contributed by atoms with Crippen molar-refractivity contribution in [3.63, 3.8) is 0 Å². The van der Waals surface area contributed by atoms with Crippen LogP contribution in [0.5, 0.6) is 0 Å². The molecule has 0 spiro atoms. The topological polar surface area (TPSA) is 20.2 Å². The summed E-state index contributed by atoms with van der Waals surface area (Å²) in [5, 5.41) is 8.85. The molecular formula is C14H30O. The minimum absolute atomic E-state index is 0.349. The summed E-state index contributed by atoms with van der Waals surface area (Å²) in [4.78, 5) is 0. The lowest BCUT2D eigenvalue weighted by Gasteiger charge is -2.18. The zero-order chi connectivity index (χ0) is 11.5. The van der Waals surface area contributed by atoms with Gasteiger partial charge in [0.25, 0.3) is 0 Å². The Morgan fingerprint density at radius 2 is 1.33 bits per heavy atom. The van der Waals surface area contributed by atoms with Crippen molar-refractivity contribution >= 4 is 0 Å². The van der Waals surface area contributed by atoms with Crippen LogP contribution in [0.25, 0.3) is 0 Å². The van der Waals surface area contributed by atoms with Crippen LogP contribution in [0.2, 0.25) is 0 Å². The Labute approximate surface area is 96.3 Å². The molecule has 2 atom stereocenters. The van der Waals surface area contributed by atoms with Crippen LogP contribution in [0.3, 0.4) is 0 Å². The predicted molar refractivity (Wildman–Crippen MR) is 68.0 cm³/mol. The number of hydrogen-bond acceptors (Lipinski definition) is 1. The van der Waals surface area contributed by atoms with E-state index in [1.807, 2.05) is 0 Å². The zero-order valence-electron chi connectivity index (χ0n) is 11.0. The van der Waals surface area contributed by atoms with Crippen molar-refractivity contribution in [3.05, 3.63) is 0 Å². The Bertz CT molecular complexity index is 123. The summed E-state index contributed by atoms with van der Waals surface area (Å²) >= 11 is 0. The second kappa shape index (κ2) is 10.5. The van der Waals surface area contributed by atoms with Gasteiger partial charge < -0.3 is 5.11 Å². The summed E-state index contributed by atoms with van der Waals surface area (Å²) in [5.74, 6) is 1.47. The minimum Gasteiger partial charge on any atom is -0.396 e. The van der Waals surface area contributed by atoms with Crippen molar-refractivity contribution in [2.24, 2.45) is 11.8 Å². The van der Waals surface area contributed by atoms with Gasteiger partial charge >= 0.3 is 0 Å². The van der Waals surface area contributed by atoms with Crippen LogP contribution in [0.15, 0.2) is 0 Å². The molecule has 0 saturated heterocycles. The molecular weight excluding hydrogens is 184 g/mol. The van der Waals surface area contributed by atoms with Crippen molar-refractivity contribution < 1.29 is 5.11 Å². The summed E-state index contributed by atoms with van der Waals surface area (Å²) in [6, 6.07) is 0. The lowest BCUT2D eigenvalue weighted by atomic mass is 9.88. The van der Waals surface area contributed by atoms with E-state index in [0.717, 1.165) is 12.3 Å². The van der Waals surface area contributed by atoms with E-state index in [1.54, 1.807) is 0 Å². The standard InChI is InChI=1S/C14H30O/c1-4-5-6-7-8-9-10-13(2)14(3)11-12-15/h13-15H,4-12H2,1-3H3. The summed E-state index contributed by atoms with van der Waals surface area (Å²) in [6.45, 7) is 7.20. The third kappa shape index (κ3) is 8.92. The predicted octanol–water partition coefficient (Wildman–Crippen LogP) is 4.39. The van der Waals surface area contributed by atoms with E-state index in [0.29, 0.717) is 12.5 Å². The molecule has 15 heavy (non-hydrogen) atoms. The minimum atomic E-state index is 0.349. The van der Waals surface area contributed by atoms with Gasteiger partial charge in [-0.3, -0.25) is 0 Å². The molecule has 0 aliphatic heterocycles. The highest BCUT2D eigenvalue weighted by Gasteiger charge is 2.10. The average molecular weight is 214 g/mol. The highest BCUT2D eigenvalue weighted by atomic mass is 16.3. The summed E-state index contributed by atoms with van der Waals surface area (Å²) in [6.07, 6.45) is 10.6. The van der Waals surface area contributed by atoms with Gasteiger partial charge in [0, 0.05) is 6.61 Å². The fourth-order valence-electron chi connectivity index (χ4n) is 2.02. The van der Waals surface area contributed by atoms with Crippen LogP contribution in [-0.2, 0) is 0 Å². The lowest BCUT2D eigenvalue weighted by Crippen LogP contribution is -2.09. The smallest absolute Gasteiger partial charge is 0.0433 e. The van der Waals surface area contributed by atoms with Gasteiger partial charge in [0.1, 0.15) is 0 Å². The summed E-state index contributed by atoms with van der Waals surface area (Å²) < 4.78 is 0. The van der Waals surface area contributed by atoms with Gasteiger partial charge in [-0.15, -0.1) is 0 Å². The van der Waals surface area contributed by atoms with Gasteiger partial charge in [-0.1, -0.05) is 65.7 Å². The van der Waals surface area contributed by atoms with Crippen molar-refractivity contribution in [1.29, 1.82) is 0 Å². The summed E-state index contributed by atoms with van der Waals surface area (Å²) in [5.41, 5.74) is 0. The molecule has 0 aromatic heterocycles. The lowest BCUT2D eigenvalue weighted by molar-refractivity contribution is 0.228. The third-order valence-corrected chi connectivity index (χ3v) is 3.57. The molecule has 0 aliphatic rings. The first kappa shape index (κ1) is 15.0. The van der Waals surface area contributed by atoms with Crippen LogP contribution >= 0.6 is 0 Å². The monoisotopic (exact) mass is 214 g/mol. The maximum absolute atomic E-state index is 8.85. The van der Waals surface area contributed by atoms with Crippen molar-refractivity contribution in [2.75, 3.05) is 6.61 Å². The maximum atomic E-state index is 8.85. The van der Waals surface area contributed by atoms with Gasteiger partial charge in [0.05, 0.1) is 0 Å². The second-order valence-electron chi connectivity index (χ2n) is 5.02. The molecule has 1 nitrogen and oxygen atoms in total. The van der Waals surface area contributed by atoms with Crippen molar-refractivity contribution in [2.45, 2.75) is 72.1 Å². The first-order chi connectivity index (χ1) is 7.22. The van der Waals surface area contributed by atoms with E-state index in [4.69, 9.17) is 5.11 Å². The number of hydrogen-bond donors (Lipinski definition) is 1. The molecule has 0 saturated carbocycles. The molecule has 0 aliphatic carbocycles. The third-order valence-electron chi connectivity index (χ3n) is 3.57. The van der Waals surface area contributed by atoms with Crippen LogP contribution in [0.4, 0.5) is 0 Å². The van der Waals surface area contributed by atoms with Crippen LogP contribution in [0, 0.1) is 11.8 Å². The average Bonchev–Trinajstić information content (AvgIpc) is 2.23. The molecule has 0 fully saturated rings. The fourth-order valence-corrected chi connectivity index (χ4v) is 2.02. The van der Waals surface area contributed by atoms with E-state index >= 15 is 0 Å². The number of aliphatic hydroxyl groups excluding tert-OH is 1. The Morgan fingerprint density at radius 3 is 1.93 bits per heavy atom. The maximum Gasteiger partial charge on any atom is 0.0433 e. The molecule has 92 valence electrons. The second-order valence-corrected chi connectivity index (χ2v) is 5.02. The van der Waals surface area contributed by atoms with Crippen molar-refractivity contribution in [3.8, 4) is 0 Å². The summed E-state index contributed by atoms with van der Waals surface area (Å²) in [7, 11) is 0. The molecule has 0 amide bonds. The number of rotatable bonds is 10. The molecule has 0 aromatic carbocycles. The first-order valence-electron chi connectivity index (χ1n) is 6.83. The van der Waals surface area contributed by atoms with E-state index in [9.17, 15) is 0 Å². The normalized spacial score (nSPS) is 15.2. The Balaban J connectivity index is 3.26. The molecule has 0 heterocycles. The van der Waals surface area contributed by atoms with Gasteiger partial charge in [-0.25, -0.2) is 0 Å². The zero-order valence-corrected chi connectivity index (χ0v) is 11.0. The molecule has 0 radical (unpaired) electrons. The highest BCUT2D eigenvalue weighted by Crippen LogP contribution is 2.21. The molecule has 2 unspecified atom stereocenters. The highest BCUT2D eigenvalue weighted by molar-refractivity contribution is 4.62. The largest absolute Gasteiger partial charge is 0.396 e. The number of aliphatic hydroxyl groups is 1. The van der Waals surface area contributed by atoms with Gasteiger partial charge in [-0.05, 0) is 18.3 Å². The van der Waals surface area contributed by atoms with Crippen LogP contribution in [-0.4, -0.2) is 11.7 Å². The molecule has 0 bridgehead atoms. The quantitative estimate of drug-likeness (QED) is 0.535. The van der Waals surface area contributed by atoms with Gasteiger partial charge in [0.2, 0.25) is 0 Å². The Kier molecular flexibility index (Phi) is 10.4. The van der Waals surface area contributed by atoms with Gasteiger partial charge in [0.15, 0.2) is 0 Å². The van der Waals surface area contributed by atoms with Crippen molar-refractivity contribution in [1.82, 2.24) is 0 Å².